The molecule has 1 saturated carbocycles. The van der Waals surface area contributed by atoms with Crippen molar-refractivity contribution in [2.24, 2.45) is 5.41 Å². The van der Waals surface area contributed by atoms with Gasteiger partial charge in [-0.2, -0.15) is 0 Å². The molecule has 0 spiro atoms. The maximum Gasteiger partial charge on any atom is 0.315 e. The summed E-state index contributed by atoms with van der Waals surface area (Å²) < 4.78 is 0. The molecule has 2 rings (SSSR count). The lowest BCUT2D eigenvalue weighted by atomic mass is 9.65. The van der Waals surface area contributed by atoms with Crippen molar-refractivity contribution >= 4 is 6.03 Å². The van der Waals surface area contributed by atoms with E-state index in [1.807, 2.05) is 13.0 Å². The van der Waals surface area contributed by atoms with Gasteiger partial charge in [-0.1, -0.05) is 36.8 Å². The number of hydrogen-bond acceptors (Lipinski definition) is 2. The second-order valence-corrected chi connectivity index (χ2v) is 6.61. The molecule has 1 atom stereocenters. The second kappa shape index (κ2) is 8.18. The third kappa shape index (κ3) is 5.02. The molecule has 1 unspecified atom stereocenters. The highest BCUT2D eigenvalue weighted by Gasteiger charge is 2.37. The second-order valence-electron chi connectivity index (χ2n) is 6.61. The summed E-state index contributed by atoms with van der Waals surface area (Å²) in [5.74, 6) is 0. The Bertz CT molecular complexity index is 457. The van der Waals surface area contributed by atoms with Crippen LogP contribution in [0.25, 0.3) is 0 Å². The van der Waals surface area contributed by atoms with Crippen LogP contribution in [0.2, 0.25) is 0 Å². The lowest BCUT2D eigenvalue weighted by Crippen LogP contribution is -2.48. The van der Waals surface area contributed by atoms with E-state index in [1.165, 1.54) is 24.8 Å². The van der Waals surface area contributed by atoms with Crippen molar-refractivity contribution < 1.29 is 9.90 Å². The Morgan fingerprint density at radius 1 is 1.32 bits per heavy atom. The van der Waals surface area contributed by atoms with Crippen LogP contribution < -0.4 is 10.6 Å². The Morgan fingerprint density at radius 3 is 2.64 bits per heavy atom. The van der Waals surface area contributed by atoms with Crippen molar-refractivity contribution in [1.29, 1.82) is 0 Å². The molecule has 1 aromatic rings. The highest BCUT2D eigenvalue weighted by molar-refractivity contribution is 5.74. The third-order valence-electron chi connectivity index (χ3n) is 4.63. The lowest BCUT2D eigenvalue weighted by Gasteiger charge is -2.42. The van der Waals surface area contributed by atoms with E-state index in [2.05, 4.69) is 34.9 Å². The predicted molar refractivity (Wildman–Crippen MR) is 88.7 cm³/mol. The first kappa shape index (κ1) is 16.8. The zero-order chi connectivity index (χ0) is 15.8. The molecule has 122 valence electrons. The number of hydrogen-bond donors (Lipinski definition) is 3. The molecular formula is C18H28N2O2. The molecule has 0 saturated heterocycles. The first-order valence-corrected chi connectivity index (χ1v) is 8.33. The Kier molecular flexibility index (Phi) is 6.25. The van der Waals surface area contributed by atoms with E-state index in [9.17, 15) is 4.79 Å². The van der Waals surface area contributed by atoms with Crippen molar-refractivity contribution in [2.45, 2.75) is 51.5 Å². The van der Waals surface area contributed by atoms with Gasteiger partial charge in [0.15, 0.2) is 0 Å². The minimum atomic E-state index is -0.0928. The summed E-state index contributed by atoms with van der Waals surface area (Å²) in [4.78, 5) is 12.0. The summed E-state index contributed by atoms with van der Waals surface area (Å²) in [6.45, 7) is 2.88. The standard InChI is InChI=1S/C18H28N2O2/c1-15(7-5-12-21)20-17(22)19-14-18(10-6-11-18)13-16-8-3-2-4-9-16/h2-4,8-9,15,21H,5-7,10-14H2,1H3,(H2,19,20,22). The normalized spacial score (nSPS) is 17.4. The van der Waals surface area contributed by atoms with Gasteiger partial charge >= 0.3 is 6.03 Å². The molecule has 4 heteroatoms. The molecule has 0 aliphatic heterocycles. The van der Waals surface area contributed by atoms with Crippen LogP contribution in [0.3, 0.4) is 0 Å². The van der Waals surface area contributed by atoms with Gasteiger partial charge in [0.25, 0.3) is 0 Å². The first-order chi connectivity index (χ1) is 10.6. The van der Waals surface area contributed by atoms with E-state index >= 15 is 0 Å². The van der Waals surface area contributed by atoms with E-state index in [-0.39, 0.29) is 24.1 Å². The first-order valence-electron chi connectivity index (χ1n) is 8.33. The molecule has 0 aromatic heterocycles. The minimum Gasteiger partial charge on any atom is -0.396 e. The molecule has 22 heavy (non-hydrogen) atoms. The number of nitrogens with one attached hydrogen (secondary N) is 2. The molecule has 2 amide bonds. The fourth-order valence-corrected chi connectivity index (χ4v) is 3.13. The van der Waals surface area contributed by atoms with E-state index in [4.69, 9.17) is 5.11 Å². The van der Waals surface area contributed by atoms with Gasteiger partial charge in [0.05, 0.1) is 0 Å². The van der Waals surface area contributed by atoms with E-state index in [0.29, 0.717) is 0 Å². The quantitative estimate of drug-likeness (QED) is 0.691. The molecule has 1 aromatic carbocycles. The van der Waals surface area contributed by atoms with Gasteiger partial charge in [0, 0.05) is 19.2 Å². The van der Waals surface area contributed by atoms with Crippen LogP contribution in [0.4, 0.5) is 4.79 Å². The number of aliphatic hydroxyl groups is 1. The average molecular weight is 304 g/mol. The van der Waals surface area contributed by atoms with E-state index < -0.39 is 0 Å². The van der Waals surface area contributed by atoms with Crippen LogP contribution in [0.1, 0.15) is 44.6 Å². The smallest absolute Gasteiger partial charge is 0.315 e. The van der Waals surface area contributed by atoms with Gasteiger partial charge in [-0.25, -0.2) is 4.79 Å². The number of amides is 2. The Morgan fingerprint density at radius 2 is 2.05 bits per heavy atom. The summed E-state index contributed by atoms with van der Waals surface area (Å²) in [6.07, 6.45) is 6.18. The maximum absolute atomic E-state index is 12.0. The number of carbonyl (C=O) groups excluding carboxylic acids is 1. The zero-order valence-corrected chi connectivity index (χ0v) is 13.5. The van der Waals surface area contributed by atoms with Crippen LogP contribution in [0, 0.1) is 5.41 Å². The summed E-state index contributed by atoms with van der Waals surface area (Å²) in [5, 5.41) is 14.8. The average Bonchev–Trinajstić information content (AvgIpc) is 2.48. The highest BCUT2D eigenvalue weighted by Crippen LogP contribution is 2.43. The van der Waals surface area contributed by atoms with Crippen molar-refractivity contribution in [3.63, 3.8) is 0 Å². The monoisotopic (exact) mass is 304 g/mol. The third-order valence-corrected chi connectivity index (χ3v) is 4.63. The fraction of sp³-hybridized carbons (Fsp3) is 0.611. The van der Waals surface area contributed by atoms with Gasteiger partial charge < -0.3 is 15.7 Å². The SMILES string of the molecule is CC(CCCO)NC(=O)NCC1(Cc2ccccc2)CCC1. The summed E-state index contributed by atoms with van der Waals surface area (Å²) in [7, 11) is 0. The topological polar surface area (TPSA) is 61.4 Å². The molecule has 3 N–H and O–H groups in total. The summed E-state index contributed by atoms with van der Waals surface area (Å²) in [5.41, 5.74) is 1.58. The van der Waals surface area contributed by atoms with Crippen molar-refractivity contribution in [2.75, 3.05) is 13.2 Å². The number of carbonyl (C=O) groups is 1. The Labute approximate surface area is 133 Å². The van der Waals surface area contributed by atoms with Crippen LogP contribution in [-0.2, 0) is 6.42 Å². The van der Waals surface area contributed by atoms with Gasteiger partial charge in [0.1, 0.15) is 0 Å². The van der Waals surface area contributed by atoms with Crippen LogP contribution in [-0.4, -0.2) is 30.3 Å². The van der Waals surface area contributed by atoms with Crippen LogP contribution >= 0.6 is 0 Å². The fourth-order valence-electron chi connectivity index (χ4n) is 3.13. The Balaban J connectivity index is 1.77. The maximum atomic E-state index is 12.0. The molecule has 4 nitrogen and oxygen atoms in total. The minimum absolute atomic E-state index is 0.0928. The molecule has 1 aliphatic carbocycles. The van der Waals surface area contributed by atoms with Gasteiger partial charge in [-0.15, -0.1) is 0 Å². The number of benzene rings is 1. The van der Waals surface area contributed by atoms with Crippen molar-refractivity contribution in [3.8, 4) is 0 Å². The molecule has 0 radical (unpaired) electrons. The molecule has 0 bridgehead atoms. The summed E-state index contributed by atoms with van der Waals surface area (Å²) in [6, 6.07) is 10.5. The summed E-state index contributed by atoms with van der Waals surface area (Å²) >= 11 is 0. The molecule has 1 fully saturated rings. The number of rotatable bonds is 8. The van der Waals surface area contributed by atoms with Gasteiger partial charge in [-0.3, -0.25) is 0 Å². The van der Waals surface area contributed by atoms with Crippen LogP contribution in [0.5, 0.6) is 0 Å². The van der Waals surface area contributed by atoms with Gasteiger partial charge in [-0.05, 0) is 50.0 Å². The van der Waals surface area contributed by atoms with Crippen molar-refractivity contribution in [3.05, 3.63) is 35.9 Å². The predicted octanol–water partition coefficient (Wildman–Crippen LogP) is 2.86. The molecule has 0 heterocycles. The van der Waals surface area contributed by atoms with E-state index in [0.717, 1.165) is 25.8 Å². The largest absolute Gasteiger partial charge is 0.396 e. The van der Waals surface area contributed by atoms with E-state index in [1.54, 1.807) is 0 Å². The van der Waals surface area contributed by atoms with Crippen molar-refractivity contribution in [1.82, 2.24) is 10.6 Å². The number of urea groups is 1. The zero-order valence-electron chi connectivity index (χ0n) is 13.5. The molecular weight excluding hydrogens is 276 g/mol. The lowest BCUT2D eigenvalue weighted by molar-refractivity contribution is 0.131. The Hall–Kier alpha value is -1.55. The van der Waals surface area contributed by atoms with Crippen LogP contribution in [0.15, 0.2) is 30.3 Å². The number of aliphatic hydroxyl groups excluding tert-OH is 1. The highest BCUT2D eigenvalue weighted by atomic mass is 16.3. The molecule has 1 aliphatic rings. The van der Waals surface area contributed by atoms with Gasteiger partial charge in [0.2, 0.25) is 0 Å².